The van der Waals surface area contributed by atoms with Gasteiger partial charge in [0.25, 0.3) is 11.8 Å². The number of nitriles is 1. The highest BCUT2D eigenvalue weighted by Crippen LogP contribution is 2.20. The molecule has 32 heavy (non-hydrogen) atoms. The first-order valence-electron chi connectivity index (χ1n) is 11.7. The zero-order valence-electron chi connectivity index (χ0n) is 20.1. The number of ether oxygens (including phenoxy) is 1. The van der Waals surface area contributed by atoms with Crippen LogP contribution in [0.4, 0.5) is 0 Å². The fourth-order valence-corrected chi connectivity index (χ4v) is 3.07. The molecule has 0 fully saturated rings. The van der Waals surface area contributed by atoms with Crippen LogP contribution in [0, 0.1) is 11.3 Å². The molecule has 176 valence electrons. The van der Waals surface area contributed by atoms with E-state index in [-0.39, 0.29) is 17.6 Å². The Morgan fingerprint density at radius 1 is 0.938 bits per heavy atom. The van der Waals surface area contributed by atoms with Crippen molar-refractivity contribution in [2.75, 3.05) is 6.54 Å². The quantitative estimate of drug-likeness (QED) is 0.227. The maximum absolute atomic E-state index is 12.4. The van der Waals surface area contributed by atoms with E-state index in [9.17, 15) is 9.59 Å². The van der Waals surface area contributed by atoms with Gasteiger partial charge >= 0.3 is 0 Å². The second-order valence-electron chi connectivity index (χ2n) is 7.11. The van der Waals surface area contributed by atoms with Gasteiger partial charge in [-0.3, -0.25) is 14.5 Å². The largest absolute Gasteiger partial charge is 0.451 e. The highest BCUT2D eigenvalue weighted by Gasteiger charge is 2.32. The highest BCUT2D eigenvalue weighted by molar-refractivity contribution is 6.15. The molecule has 1 aromatic carbocycles. The summed E-state index contributed by atoms with van der Waals surface area (Å²) in [5.41, 5.74) is 0.511. The predicted octanol–water partition coefficient (Wildman–Crippen LogP) is 5.95. The Morgan fingerprint density at radius 2 is 1.44 bits per heavy atom. The van der Waals surface area contributed by atoms with E-state index < -0.39 is 0 Å². The van der Waals surface area contributed by atoms with Gasteiger partial charge in [-0.25, -0.2) is 0 Å². The van der Waals surface area contributed by atoms with Crippen LogP contribution >= 0.6 is 0 Å². The molecule has 2 rings (SSSR count). The molecule has 0 radical (unpaired) electrons. The van der Waals surface area contributed by atoms with Gasteiger partial charge < -0.3 is 9.53 Å². The van der Waals surface area contributed by atoms with Crippen LogP contribution in [-0.2, 0) is 14.4 Å². The van der Waals surface area contributed by atoms with Gasteiger partial charge in [-0.1, -0.05) is 72.1 Å². The monoisotopic (exact) mass is 442 g/mol. The van der Waals surface area contributed by atoms with E-state index >= 15 is 0 Å². The van der Waals surface area contributed by atoms with Crippen molar-refractivity contribution in [1.82, 2.24) is 4.90 Å². The van der Waals surface area contributed by atoms with Crippen molar-refractivity contribution in [2.45, 2.75) is 85.5 Å². The van der Waals surface area contributed by atoms with Crippen LogP contribution in [0.1, 0.15) is 91.0 Å². The van der Waals surface area contributed by atoms with Crippen LogP contribution in [0.3, 0.4) is 0 Å². The van der Waals surface area contributed by atoms with Crippen molar-refractivity contribution in [3.63, 3.8) is 0 Å². The molecule has 0 bridgehead atoms. The molecule has 1 aromatic rings. The third-order valence-corrected chi connectivity index (χ3v) is 4.67. The van der Waals surface area contributed by atoms with Gasteiger partial charge in [0.2, 0.25) is 0 Å². The third-order valence-electron chi connectivity index (χ3n) is 4.67. The zero-order chi connectivity index (χ0) is 24.2. The average Bonchev–Trinajstić information content (AvgIpc) is 3.07. The summed E-state index contributed by atoms with van der Waals surface area (Å²) in [5, 5.41) is 8.80. The van der Waals surface area contributed by atoms with Crippen LogP contribution < -0.4 is 4.74 Å². The number of imide groups is 1. The topological polar surface area (TPSA) is 87.5 Å². The molecule has 0 aromatic heterocycles. The number of unbranched alkanes of at least 4 members (excludes halogenated alkanes) is 8. The number of hydrogen-bond acceptors (Lipinski definition) is 5. The Morgan fingerprint density at radius 3 is 1.94 bits per heavy atom. The highest BCUT2D eigenvalue weighted by atomic mass is 16.5. The summed E-state index contributed by atoms with van der Waals surface area (Å²) >= 11 is 0. The van der Waals surface area contributed by atoms with Crippen LogP contribution in [0.15, 0.2) is 36.1 Å². The second-order valence-corrected chi connectivity index (χ2v) is 7.11. The molecule has 0 unspecified atom stereocenters. The molecule has 0 N–H and O–H groups in total. The number of nitrogens with zero attached hydrogens (tertiary/aromatic N) is 2. The van der Waals surface area contributed by atoms with Crippen molar-refractivity contribution < 1.29 is 19.1 Å². The molecule has 2 amide bonds. The minimum atomic E-state index is -0.385. The van der Waals surface area contributed by atoms with E-state index in [1.54, 1.807) is 24.3 Å². The van der Waals surface area contributed by atoms with Crippen molar-refractivity contribution in [2.24, 2.45) is 0 Å². The summed E-state index contributed by atoms with van der Waals surface area (Å²) in [6, 6.07) is 8.46. The molecule has 6 heteroatoms. The van der Waals surface area contributed by atoms with Crippen molar-refractivity contribution in [3.05, 3.63) is 41.7 Å². The van der Waals surface area contributed by atoms with Crippen molar-refractivity contribution >= 4 is 18.1 Å². The minimum absolute atomic E-state index is 0.0423. The van der Waals surface area contributed by atoms with Crippen LogP contribution in [0.25, 0.3) is 0 Å². The molecule has 1 aliphatic rings. The lowest BCUT2D eigenvalue weighted by molar-refractivity contribution is -0.138. The number of aldehydes is 1. The summed E-state index contributed by atoms with van der Waals surface area (Å²) in [5.74, 6) is -0.223. The van der Waals surface area contributed by atoms with E-state index in [0.29, 0.717) is 17.9 Å². The third kappa shape index (κ3) is 11.5. The average molecular weight is 443 g/mol. The molecular weight excluding hydrogens is 404 g/mol. The van der Waals surface area contributed by atoms with Gasteiger partial charge in [-0.2, -0.15) is 5.26 Å². The molecule has 0 saturated carbocycles. The first-order valence-corrected chi connectivity index (χ1v) is 11.7. The molecule has 1 heterocycles. The second kappa shape index (κ2) is 18.8. The Kier molecular flexibility index (Phi) is 17.1. The minimum Gasteiger partial charge on any atom is -0.451 e. The Hall–Kier alpha value is -2.94. The van der Waals surface area contributed by atoms with Gasteiger partial charge in [0.05, 0.1) is 17.7 Å². The van der Waals surface area contributed by atoms with Gasteiger partial charge in [0, 0.05) is 6.54 Å². The maximum Gasteiger partial charge on any atom is 0.296 e. The van der Waals surface area contributed by atoms with E-state index in [2.05, 4.69) is 6.92 Å². The normalized spacial score (nSPS) is 12.1. The van der Waals surface area contributed by atoms with Gasteiger partial charge in [-0.15, -0.1) is 0 Å². The smallest absolute Gasteiger partial charge is 0.296 e. The summed E-state index contributed by atoms with van der Waals surface area (Å²) < 4.78 is 5.52. The lowest BCUT2D eigenvalue weighted by Gasteiger charge is -2.14. The SMILES string of the molecule is CC.CC=O.CCCCCCCCCCCN1C(=O)C=C(Oc2ccc(C#N)cc2)C1=O. The Balaban J connectivity index is 0.00000177. The fourth-order valence-electron chi connectivity index (χ4n) is 3.07. The van der Waals surface area contributed by atoms with E-state index in [1.165, 1.54) is 56.4 Å². The molecule has 0 spiro atoms. The van der Waals surface area contributed by atoms with Gasteiger partial charge in [-0.05, 0) is 37.6 Å². The van der Waals surface area contributed by atoms with Gasteiger partial charge in [0.15, 0.2) is 5.76 Å². The number of rotatable bonds is 12. The molecule has 0 saturated heterocycles. The summed E-state index contributed by atoms with van der Waals surface area (Å²) in [4.78, 5) is 34.5. The standard InChI is InChI=1S/C22H28N2O3.C2H4O.C2H6/c1-2-3-4-5-6-7-8-9-10-15-24-21(25)16-20(22(24)26)27-19-13-11-18(17-23)12-14-19;1-2-3;1-2/h11-14,16H,2-10,15H2,1H3;2H,1H3;1-2H3. The molecule has 0 atom stereocenters. The number of carbonyl (C=O) groups is 3. The predicted molar refractivity (Wildman–Crippen MR) is 127 cm³/mol. The van der Waals surface area contributed by atoms with E-state index in [4.69, 9.17) is 14.8 Å². The number of hydrogen-bond donors (Lipinski definition) is 0. The van der Waals surface area contributed by atoms with Crippen LogP contribution in [0.5, 0.6) is 5.75 Å². The summed E-state index contributed by atoms with van der Waals surface area (Å²) in [6.07, 6.45) is 12.7. The van der Waals surface area contributed by atoms with E-state index in [0.717, 1.165) is 25.5 Å². The van der Waals surface area contributed by atoms with Crippen molar-refractivity contribution in [3.8, 4) is 11.8 Å². The number of amides is 2. The number of benzene rings is 1. The lowest BCUT2D eigenvalue weighted by Crippen LogP contribution is -2.32. The Bertz CT molecular complexity index is 748. The number of carbonyl (C=O) groups excluding carboxylic acids is 3. The summed E-state index contributed by atoms with van der Waals surface area (Å²) in [6.45, 7) is 8.10. The van der Waals surface area contributed by atoms with E-state index in [1.807, 2.05) is 19.9 Å². The lowest BCUT2D eigenvalue weighted by atomic mass is 10.1. The van der Waals surface area contributed by atoms with Crippen molar-refractivity contribution in [1.29, 1.82) is 5.26 Å². The molecule has 6 nitrogen and oxygen atoms in total. The summed E-state index contributed by atoms with van der Waals surface area (Å²) in [7, 11) is 0. The van der Waals surface area contributed by atoms with Gasteiger partial charge in [0.1, 0.15) is 12.0 Å². The Labute approximate surface area is 193 Å². The maximum atomic E-state index is 12.4. The zero-order valence-corrected chi connectivity index (χ0v) is 20.1. The molecule has 1 aliphatic heterocycles. The van der Waals surface area contributed by atoms with Crippen LogP contribution in [0.2, 0.25) is 0 Å². The fraction of sp³-hybridized carbons (Fsp3) is 0.538. The molecular formula is C26H38N2O4. The van der Waals surface area contributed by atoms with Crippen LogP contribution in [-0.4, -0.2) is 29.5 Å². The first-order chi connectivity index (χ1) is 15.6. The first kappa shape index (κ1) is 29.1. The molecule has 0 aliphatic carbocycles.